The van der Waals surface area contributed by atoms with Gasteiger partial charge >= 0.3 is 0 Å². The van der Waals surface area contributed by atoms with Crippen LogP contribution in [0.2, 0.25) is 0 Å². The van der Waals surface area contributed by atoms with Crippen molar-refractivity contribution in [2.24, 2.45) is 0 Å². The van der Waals surface area contributed by atoms with E-state index in [0.29, 0.717) is 12.1 Å². The molecule has 2 unspecified atom stereocenters. The van der Waals surface area contributed by atoms with Crippen molar-refractivity contribution in [2.75, 3.05) is 0 Å². The molecule has 0 saturated carbocycles. The number of nitrogens with one attached hydrogen (secondary N) is 1. The molecule has 3 nitrogen and oxygen atoms in total. The Hall–Kier alpha value is 0.310. The first-order chi connectivity index (χ1) is 8.37. The van der Waals surface area contributed by atoms with E-state index in [2.05, 4.69) is 49.4 Å². The quantitative estimate of drug-likeness (QED) is 0.749. The summed E-state index contributed by atoms with van der Waals surface area (Å²) in [5.74, 6) is 0. The first-order valence-corrected chi connectivity index (χ1v) is 7.71. The lowest BCUT2D eigenvalue weighted by Crippen LogP contribution is -2.38. The van der Waals surface area contributed by atoms with Gasteiger partial charge in [0.05, 0.1) is 11.2 Å². The summed E-state index contributed by atoms with van der Waals surface area (Å²) in [4.78, 5) is 0. The van der Waals surface area contributed by atoms with E-state index in [4.69, 9.17) is 9.63 Å². The fourth-order valence-corrected chi connectivity index (χ4v) is 1.51. The van der Waals surface area contributed by atoms with Crippen LogP contribution in [0.25, 0.3) is 0 Å². The molecule has 0 aromatic rings. The van der Waals surface area contributed by atoms with Gasteiger partial charge in [-0.15, -0.1) is 0 Å². The molecule has 0 spiro atoms. The maximum absolute atomic E-state index is 8.52. The zero-order valence-electron chi connectivity index (χ0n) is 14.8. The molecule has 120 valence electrons. The van der Waals surface area contributed by atoms with Gasteiger partial charge in [-0.3, -0.25) is 0 Å². The van der Waals surface area contributed by atoms with E-state index in [1.54, 1.807) is 20.8 Å². The zero-order chi connectivity index (χ0) is 16.3. The monoisotopic (exact) mass is 295 g/mol. The van der Waals surface area contributed by atoms with Crippen molar-refractivity contribution < 1.29 is 9.63 Å². The van der Waals surface area contributed by atoms with Crippen LogP contribution in [0.3, 0.4) is 0 Å². The Morgan fingerprint density at radius 2 is 1.37 bits per heavy atom. The summed E-state index contributed by atoms with van der Waals surface area (Å²) in [7, 11) is 2.33. The van der Waals surface area contributed by atoms with Gasteiger partial charge in [0.1, 0.15) is 0 Å². The fraction of sp³-hybridized carbons (Fsp3) is 1.00. The maximum atomic E-state index is 8.52. The van der Waals surface area contributed by atoms with Crippen molar-refractivity contribution in [3.63, 3.8) is 0 Å². The molecule has 0 bridgehead atoms. The van der Waals surface area contributed by atoms with Crippen LogP contribution < -0.4 is 5.32 Å². The van der Waals surface area contributed by atoms with E-state index < -0.39 is 5.60 Å². The first-order valence-electron chi connectivity index (χ1n) is 7.23. The van der Waals surface area contributed by atoms with Crippen molar-refractivity contribution in [3.05, 3.63) is 0 Å². The Labute approximate surface area is 124 Å². The Bertz CT molecular complexity index is 183. The molecule has 0 aliphatic heterocycles. The van der Waals surface area contributed by atoms with E-state index in [9.17, 15) is 0 Å². The molecule has 2 atom stereocenters. The standard InChI is InChI=1S/C9H22NOP.C4H10O.C2H6/c1-7(2)10-8(3)6-9(4,5)11-12;1-4(2,3)5;1-2/h7-8,10H,6,12H2,1-5H3;5H,1-3H3;1-2H3. The summed E-state index contributed by atoms with van der Waals surface area (Å²) in [6.45, 7) is 19.9. The van der Waals surface area contributed by atoms with Gasteiger partial charge in [-0.05, 0) is 48.0 Å². The number of hydrogen-bond acceptors (Lipinski definition) is 3. The number of aliphatic hydroxyl groups is 1. The predicted octanol–water partition coefficient (Wildman–Crippen LogP) is 4.15. The van der Waals surface area contributed by atoms with Crippen LogP contribution in [0.5, 0.6) is 0 Å². The van der Waals surface area contributed by atoms with Crippen LogP contribution in [0.15, 0.2) is 0 Å². The minimum atomic E-state index is -0.500. The average Bonchev–Trinajstić information content (AvgIpc) is 2.16. The highest BCUT2D eigenvalue weighted by atomic mass is 31.0. The lowest BCUT2D eigenvalue weighted by atomic mass is 10.00. The Kier molecular flexibility index (Phi) is 15.5. The van der Waals surface area contributed by atoms with Crippen molar-refractivity contribution in [1.29, 1.82) is 0 Å². The smallest absolute Gasteiger partial charge is 0.0676 e. The van der Waals surface area contributed by atoms with Crippen molar-refractivity contribution in [2.45, 2.75) is 98.9 Å². The lowest BCUT2D eigenvalue weighted by molar-refractivity contribution is 0.102. The fourth-order valence-electron chi connectivity index (χ4n) is 1.41. The molecular formula is C15H38NO2P. The van der Waals surface area contributed by atoms with Gasteiger partial charge in [0.15, 0.2) is 0 Å². The molecular weight excluding hydrogens is 257 g/mol. The molecule has 0 aliphatic rings. The van der Waals surface area contributed by atoms with Crippen LogP contribution in [-0.4, -0.2) is 28.4 Å². The zero-order valence-corrected chi connectivity index (χ0v) is 15.9. The third-order valence-electron chi connectivity index (χ3n) is 1.73. The lowest BCUT2D eigenvalue weighted by Gasteiger charge is -2.27. The van der Waals surface area contributed by atoms with Gasteiger partial charge in [-0.1, -0.05) is 27.7 Å². The highest BCUT2D eigenvalue weighted by molar-refractivity contribution is 7.09. The second-order valence-electron chi connectivity index (χ2n) is 6.47. The Morgan fingerprint density at radius 3 is 1.58 bits per heavy atom. The second-order valence-corrected chi connectivity index (χ2v) is 6.71. The Balaban J connectivity index is -0.000000307. The molecule has 2 N–H and O–H groups in total. The molecule has 0 aliphatic carbocycles. The molecule has 0 aromatic carbocycles. The van der Waals surface area contributed by atoms with Crippen LogP contribution in [-0.2, 0) is 4.52 Å². The van der Waals surface area contributed by atoms with Crippen molar-refractivity contribution in [3.8, 4) is 0 Å². The summed E-state index contributed by atoms with van der Waals surface area (Å²) < 4.78 is 5.27. The normalized spacial score (nSPS) is 13.1. The van der Waals surface area contributed by atoms with E-state index in [1.807, 2.05) is 13.8 Å². The molecule has 4 heteroatoms. The summed E-state index contributed by atoms with van der Waals surface area (Å²) >= 11 is 0. The maximum Gasteiger partial charge on any atom is 0.0676 e. The van der Waals surface area contributed by atoms with Crippen LogP contribution in [0.4, 0.5) is 0 Å². The topological polar surface area (TPSA) is 41.5 Å². The van der Waals surface area contributed by atoms with E-state index >= 15 is 0 Å². The molecule has 0 rings (SSSR count). The predicted molar refractivity (Wildman–Crippen MR) is 90.5 cm³/mol. The Morgan fingerprint density at radius 1 is 1.05 bits per heavy atom. The minimum absolute atomic E-state index is 0.0496. The SMILES string of the molecule is CC.CC(C)(C)O.CC(C)NC(C)CC(C)(C)OP. The van der Waals surface area contributed by atoms with Crippen molar-refractivity contribution in [1.82, 2.24) is 5.32 Å². The third-order valence-corrected chi connectivity index (χ3v) is 2.37. The molecule has 0 saturated heterocycles. The second kappa shape index (κ2) is 12.1. The van der Waals surface area contributed by atoms with Gasteiger partial charge in [0.25, 0.3) is 0 Å². The number of hydrogen-bond donors (Lipinski definition) is 2. The molecule has 0 heterocycles. The largest absolute Gasteiger partial charge is 0.391 e. The van der Waals surface area contributed by atoms with Crippen molar-refractivity contribution >= 4 is 9.47 Å². The van der Waals surface area contributed by atoms with E-state index in [0.717, 1.165) is 6.42 Å². The molecule has 0 aromatic heterocycles. The molecule has 0 radical (unpaired) electrons. The molecule has 0 fully saturated rings. The average molecular weight is 295 g/mol. The van der Waals surface area contributed by atoms with Gasteiger partial charge < -0.3 is 14.9 Å². The molecule has 0 amide bonds. The third kappa shape index (κ3) is 32.1. The van der Waals surface area contributed by atoms with Crippen LogP contribution in [0, 0.1) is 0 Å². The van der Waals surface area contributed by atoms with Gasteiger partial charge in [-0.25, -0.2) is 0 Å². The summed E-state index contributed by atoms with van der Waals surface area (Å²) in [6.07, 6.45) is 1.02. The van der Waals surface area contributed by atoms with Crippen LogP contribution in [0.1, 0.15) is 75.7 Å². The summed E-state index contributed by atoms with van der Waals surface area (Å²) in [5.41, 5.74) is -0.550. The number of rotatable bonds is 5. The summed E-state index contributed by atoms with van der Waals surface area (Å²) in [5, 5.41) is 12.0. The van der Waals surface area contributed by atoms with E-state index in [-0.39, 0.29) is 5.60 Å². The highest BCUT2D eigenvalue weighted by Gasteiger charge is 2.20. The van der Waals surface area contributed by atoms with Crippen LogP contribution >= 0.6 is 9.47 Å². The van der Waals surface area contributed by atoms with Gasteiger partial charge in [-0.2, -0.15) is 0 Å². The summed E-state index contributed by atoms with van der Waals surface area (Å²) in [6, 6.07) is 1.04. The van der Waals surface area contributed by atoms with E-state index in [1.165, 1.54) is 0 Å². The van der Waals surface area contributed by atoms with Gasteiger partial charge in [0.2, 0.25) is 0 Å². The minimum Gasteiger partial charge on any atom is -0.391 e. The first kappa shape index (κ1) is 24.3. The van der Waals surface area contributed by atoms with Gasteiger partial charge in [0, 0.05) is 21.6 Å². The highest BCUT2D eigenvalue weighted by Crippen LogP contribution is 2.19. The molecule has 19 heavy (non-hydrogen) atoms.